The topological polar surface area (TPSA) is 43.9 Å². The third kappa shape index (κ3) is 3.84. The first-order valence-corrected chi connectivity index (χ1v) is 7.57. The van der Waals surface area contributed by atoms with Crippen LogP contribution in [-0.4, -0.2) is 74.2 Å². The first-order chi connectivity index (χ1) is 8.41. The lowest BCUT2D eigenvalue weighted by atomic mass is 10.3. The molecule has 0 spiro atoms. The molecule has 1 rings (SSSR count). The predicted molar refractivity (Wildman–Crippen MR) is 65.9 cm³/mol. The first-order valence-electron chi connectivity index (χ1n) is 6.17. The van der Waals surface area contributed by atoms with Crippen molar-refractivity contribution in [3.8, 4) is 0 Å². The van der Waals surface area contributed by atoms with Crippen molar-refractivity contribution in [2.75, 3.05) is 45.8 Å². The molecule has 0 aromatic rings. The molecule has 0 aromatic carbocycles. The molecular formula is C10H21F2N3O2S. The molecule has 1 saturated heterocycles. The molecule has 0 radical (unpaired) electrons. The average molecular weight is 285 g/mol. The predicted octanol–water partition coefficient (Wildman–Crippen LogP) is 0.456. The van der Waals surface area contributed by atoms with Crippen LogP contribution in [0.1, 0.15) is 13.8 Å². The van der Waals surface area contributed by atoms with Gasteiger partial charge in [0.25, 0.3) is 16.6 Å². The molecule has 0 bridgehead atoms. The van der Waals surface area contributed by atoms with Gasteiger partial charge in [0.2, 0.25) is 0 Å². The second kappa shape index (κ2) is 6.74. The molecule has 18 heavy (non-hydrogen) atoms. The van der Waals surface area contributed by atoms with E-state index < -0.39 is 16.6 Å². The van der Waals surface area contributed by atoms with Crippen molar-refractivity contribution in [2.24, 2.45) is 0 Å². The minimum absolute atomic E-state index is 0.279. The molecule has 0 saturated carbocycles. The van der Waals surface area contributed by atoms with Crippen molar-refractivity contribution in [2.45, 2.75) is 20.3 Å². The van der Waals surface area contributed by atoms with Crippen LogP contribution in [0.3, 0.4) is 0 Å². The number of hydrogen-bond acceptors (Lipinski definition) is 3. The second-order valence-electron chi connectivity index (χ2n) is 4.18. The van der Waals surface area contributed by atoms with Gasteiger partial charge in [-0.2, -0.15) is 17.0 Å². The van der Waals surface area contributed by atoms with E-state index in [9.17, 15) is 17.2 Å². The lowest BCUT2D eigenvalue weighted by Crippen LogP contribution is -2.53. The van der Waals surface area contributed by atoms with Gasteiger partial charge < -0.3 is 0 Å². The summed E-state index contributed by atoms with van der Waals surface area (Å²) < 4.78 is 51.5. The molecule has 5 nitrogen and oxygen atoms in total. The molecule has 0 amide bonds. The number of halogens is 2. The van der Waals surface area contributed by atoms with Crippen molar-refractivity contribution in [1.29, 1.82) is 0 Å². The van der Waals surface area contributed by atoms with E-state index in [0.717, 1.165) is 0 Å². The molecule has 1 heterocycles. The Balaban J connectivity index is 2.57. The zero-order chi connectivity index (χ0) is 13.8. The summed E-state index contributed by atoms with van der Waals surface area (Å²) in [5.74, 6) is 0. The van der Waals surface area contributed by atoms with Crippen LogP contribution in [-0.2, 0) is 10.2 Å². The lowest BCUT2D eigenvalue weighted by molar-refractivity contribution is 0.0707. The Hall–Kier alpha value is -0.310. The van der Waals surface area contributed by atoms with Crippen LogP contribution in [0.4, 0.5) is 8.78 Å². The van der Waals surface area contributed by atoms with Crippen molar-refractivity contribution in [1.82, 2.24) is 13.5 Å². The minimum atomic E-state index is -3.42. The van der Waals surface area contributed by atoms with Crippen molar-refractivity contribution in [3.05, 3.63) is 0 Å². The van der Waals surface area contributed by atoms with E-state index in [1.165, 1.54) is 8.61 Å². The third-order valence-corrected chi connectivity index (χ3v) is 5.27. The first kappa shape index (κ1) is 15.7. The van der Waals surface area contributed by atoms with E-state index in [1.807, 2.05) is 0 Å². The van der Waals surface area contributed by atoms with Gasteiger partial charge in [-0.1, -0.05) is 13.8 Å². The van der Waals surface area contributed by atoms with E-state index in [4.69, 9.17) is 0 Å². The van der Waals surface area contributed by atoms with Crippen LogP contribution in [0.25, 0.3) is 0 Å². The molecule has 1 aliphatic rings. The maximum atomic E-state index is 12.2. The summed E-state index contributed by atoms with van der Waals surface area (Å²) in [4.78, 5) is 1.60. The smallest absolute Gasteiger partial charge is 0.282 e. The number of nitrogens with zero attached hydrogens (tertiary/aromatic N) is 3. The molecule has 0 aliphatic carbocycles. The van der Waals surface area contributed by atoms with Gasteiger partial charge in [0, 0.05) is 39.3 Å². The summed E-state index contributed by atoms with van der Waals surface area (Å²) in [5, 5.41) is 0. The highest BCUT2D eigenvalue weighted by atomic mass is 32.2. The molecule has 108 valence electrons. The standard InChI is InChI=1S/C10H21F2N3O2S/c1-3-14(4-2)18(16,17)15-7-5-13(6-8-15)9-10(11)12/h10H,3-9H2,1-2H3. The van der Waals surface area contributed by atoms with Crippen LogP contribution in [0, 0.1) is 0 Å². The van der Waals surface area contributed by atoms with Crippen LogP contribution in [0.2, 0.25) is 0 Å². The normalized spacial score (nSPS) is 19.9. The van der Waals surface area contributed by atoms with Crippen LogP contribution in [0.5, 0.6) is 0 Å². The Morgan fingerprint density at radius 1 is 1.11 bits per heavy atom. The van der Waals surface area contributed by atoms with Gasteiger partial charge in [0.15, 0.2) is 0 Å². The van der Waals surface area contributed by atoms with E-state index in [0.29, 0.717) is 26.2 Å². The summed E-state index contributed by atoms with van der Waals surface area (Å²) in [6.07, 6.45) is -2.36. The summed E-state index contributed by atoms with van der Waals surface area (Å²) in [7, 11) is -3.42. The SMILES string of the molecule is CCN(CC)S(=O)(=O)N1CCN(CC(F)F)CC1. The van der Waals surface area contributed by atoms with Crippen molar-refractivity contribution in [3.63, 3.8) is 0 Å². The number of rotatable bonds is 6. The van der Waals surface area contributed by atoms with Crippen LogP contribution < -0.4 is 0 Å². The van der Waals surface area contributed by atoms with E-state index in [2.05, 4.69) is 0 Å². The zero-order valence-electron chi connectivity index (χ0n) is 10.8. The molecule has 8 heteroatoms. The van der Waals surface area contributed by atoms with Crippen LogP contribution in [0.15, 0.2) is 0 Å². The van der Waals surface area contributed by atoms with E-state index >= 15 is 0 Å². The Labute approximate surface area is 108 Å². The number of hydrogen-bond donors (Lipinski definition) is 0. The molecule has 1 aliphatic heterocycles. The molecule has 0 unspecified atom stereocenters. The lowest BCUT2D eigenvalue weighted by Gasteiger charge is -2.36. The summed E-state index contributed by atoms with van der Waals surface area (Å²) in [6, 6.07) is 0. The minimum Gasteiger partial charge on any atom is -0.295 e. The fourth-order valence-electron chi connectivity index (χ4n) is 2.05. The Bertz CT molecular complexity index is 339. The molecule has 0 atom stereocenters. The quantitative estimate of drug-likeness (QED) is 0.712. The van der Waals surface area contributed by atoms with Gasteiger partial charge in [-0.25, -0.2) is 8.78 Å². The highest BCUT2D eigenvalue weighted by Crippen LogP contribution is 2.12. The van der Waals surface area contributed by atoms with E-state index in [1.54, 1.807) is 18.7 Å². The molecule has 0 N–H and O–H groups in total. The Kier molecular flexibility index (Phi) is 5.90. The Morgan fingerprint density at radius 3 is 2.00 bits per heavy atom. The maximum absolute atomic E-state index is 12.2. The molecule has 1 fully saturated rings. The van der Waals surface area contributed by atoms with Crippen molar-refractivity contribution >= 4 is 10.2 Å². The molecular weight excluding hydrogens is 264 g/mol. The van der Waals surface area contributed by atoms with Gasteiger partial charge in [0.1, 0.15) is 0 Å². The second-order valence-corrected chi connectivity index (χ2v) is 6.11. The Morgan fingerprint density at radius 2 is 1.61 bits per heavy atom. The molecule has 0 aromatic heterocycles. The van der Waals surface area contributed by atoms with E-state index in [-0.39, 0.29) is 19.6 Å². The largest absolute Gasteiger partial charge is 0.295 e. The highest BCUT2D eigenvalue weighted by Gasteiger charge is 2.31. The summed E-state index contributed by atoms with van der Waals surface area (Å²) in [5.41, 5.74) is 0. The van der Waals surface area contributed by atoms with Gasteiger partial charge in [-0.05, 0) is 0 Å². The average Bonchev–Trinajstić information content (AvgIpc) is 2.30. The summed E-state index contributed by atoms with van der Waals surface area (Å²) in [6.45, 7) is 5.44. The third-order valence-electron chi connectivity index (χ3n) is 3.09. The zero-order valence-corrected chi connectivity index (χ0v) is 11.7. The monoisotopic (exact) mass is 285 g/mol. The van der Waals surface area contributed by atoms with Crippen LogP contribution >= 0.6 is 0 Å². The highest BCUT2D eigenvalue weighted by molar-refractivity contribution is 7.86. The maximum Gasteiger partial charge on any atom is 0.282 e. The van der Waals surface area contributed by atoms with Gasteiger partial charge in [-0.15, -0.1) is 0 Å². The fourth-order valence-corrected chi connectivity index (χ4v) is 3.66. The van der Waals surface area contributed by atoms with Gasteiger partial charge in [-0.3, -0.25) is 4.90 Å². The number of piperazine rings is 1. The van der Waals surface area contributed by atoms with Gasteiger partial charge in [0.05, 0.1) is 6.54 Å². The summed E-state index contributed by atoms with van der Waals surface area (Å²) >= 11 is 0. The van der Waals surface area contributed by atoms with Gasteiger partial charge >= 0.3 is 0 Å². The van der Waals surface area contributed by atoms with Crippen molar-refractivity contribution < 1.29 is 17.2 Å². The number of alkyl halides is 2. The fraction of sp³-hybridized carbons (Fsp3) is 1.00.